The van der Waals surface area contributed by atoms with Gasteiger partial charge in [0, 0.05) is 30.1 Å². The van der Waals surface area contributed by atoms with Gasteiger partial charge in [-0.1, -0.05) is 45.9 Å². The highest BCUT2D eigenvalue weighted by Crippen LogP contribution is 2.37. The zero-order valence-electron chi connectivity index (χ0n) is 18.4. The number of hydroxylamine groups is 2. The topological polar surface area (TPSA) is 94.9 Å². The molecular weight excluding hydrogens is 507 g/mol. The van der Waals surface area contributed by atoms with Gasteiger partial charge >= 0.3 is 10.0 Å². The number of rotatable bonds is 7. The van der Waals surface area contributed by atoms with E-state index in [4.69, 9.17) is 49.1 Å². The van der Waals surface area contributed by atoms with Gasteiger partial charge < -0.3 is 19.6 Å². The molecular formula is C22H21Cl3N4O5. The highest BCUT2D eigenvalue weighted by atomic mass is 35.6. The summed E-state index contributed by atoms with van der Waals surface area (Å²) in [6, 6.07) is 13.2. The average molecular weight is 528 g/mol. The zero-order valence-corrected chi connectivity index (χ0v) is 20.7. The van der Waals surface area contributed by atoms with Crippen LogP contribution in [0.4, 0.5) is 10.5 Å². The maximum Gasteiger partial charge on any atom is 0.447 e. The van der Waals surface area contributed by atoms with Crippen LogP contribution in [0, 0.1) is 0 Å². The molecule has 1 N–H and O–H groups in total. The molecule has 1 heterocycles. The van der Waals surface area contributed by atoms with Gasteiger partial charge in [-0.25, -0.2) is 4.79 Å². The number of carbonyl (C=O) groups is 2. The molecule has 12 heteroatoms. The Kier molecular flexibility index (Phi) is 8.14. The van der Waals surface area contributed by atoms with E-state index in [1.165, 1.54) is 13.2 Å². The third kappa shape index (κ3) is 6.05. The molecule has 2 amide bonds. The Morgan fingerprint density at radius 1 is 1.15 bits per heavy atom. The maximum atomic E-state index is 12.8. The van der Waals surface area contributed by atoms with Crippen LogP contribution >= 0.6 is 34.8 Å². The summed E-state index contributed by atoms with van der Waals surface area (Å²) < 4.78 is 9.43. The van der Waals surface area contributed by atoms with E-state index < -0.39 is 10.0 Å². The molecule has 1 aromatic heterocycles. The van der Waals surface area contributed by atoms with Gasteiger partial charge in [0.25, 0.3) is 5.91 Å². The van der Waals surface area contributed by atoms with Gasteiger partial charge in [0.05, 0.1) is 19.4 Å². The second-order valence-corrected chi connectivity index (χ2v) is 9.01. The number of ether oxygens (including phenoxy) is 2. The molecule has 180 valence electrons. The van der Waals surface area contributed by atoms with Gasteiger partial charge in [-0.05, 0) is 49.4 Å². The molecule has 2 aromatic carbocycles. The lowest BCUT2D eigenvalue weighted by atomic mass is 10.1. The number of alkyl halides is 3. The minimum absolute atomic E-state index is 0.0449. The monoisotopic (exact) mass is 526 g/mol. The Balaban J connectivity index is 1.97. The molecule has 3 rings (SSSR count). The van der Waals surface area contributed by atoms with Crippen molar-refractivity contribution in [1.29, 1.82) is 0 Å². The summed E-state index contributed by atoms with van der Waals surface area (Å²) >= 11 is 17.8. The van der Waals surface area contributed by atoms with Crippen molar-refractivity contribution in [3.63, 3.8) is 0 Å². The van der Waals surface area contributed by atoms with Gasteiger partial charge in [0.2, 0.25) is 0 Å². The lowest BCUT2D eigenvalue weighted by molar-refractivity contribution is -0.0501. The molecule has 0 aliphatic heterocycles. The number of nitrogens with zero attached hydrogens (tertiary/aromatic N) is 3. The third-order valence-electron chi connectivity index (χ3n) is 4.52. The van der Waals surface area contributed by atoms with E-state index in [9.17, 15) is 9.59 Å². The quantitative estimate of drug-likeness (QED) is 0.250. The summed E-state index contributed by atoms with van der Waals surface area (Å²) in [4.78, 5) is 30.8. The van der Waals surface area contributed by atoms with Crippen LogP contribution in [-0.4, -0.2) is 44.5 Å². The lowest BCUT2D eigenvalue weighted by Gasteiger charge is -2.28. The van der Waals surface area contributed by atoms with Crippen LogP contribution in [0.2, 0.25) is 0 Å². The summed E-state index contributed by atoms with van der Waals surface area (Å²) in [5.41, 5.74) is 1.94. The number of aryl methyl sites for hydroxylation is 1. The predicted octanol–water partition coefficient (Wildman–Crippen LogP) is 5.43. The van der Waals surface area contributed by atoms with Crippen molar-refractivity contribution in [2.24, 2.45) is 7.05 Å². The molecule has 0 aliphatic carbocycles. The number of anilines is 1. The van der Waals surface area contributed by atoms with Crippen LogP contribution in [0.25, 0.3) is 11.3 Å². The fraction of sp³-hybridized carbons (Fsp3) is 0.227. The smallest absolute Gasteiger partial charge is 0.447 e. The van der Waals surface area contributed by atoms with Crippen molar-refractivity contribution >= 4 is 52.5 Å². The molecule has 3 aromatic rings. The Morgan fingerprint density at radius 2 is 1.91 bits per heavy atom. The summed E-state index contributed by atoms with van der Waals surface area (Å²) in [6.45, 7) is 1.65. The zero-order chi connectivity index (χ0) is 24.9. The molecule has 0 fully saturated rings. The Bertz CT molecular complexity index is 1180. The van der Waals surface area contributed by atoms with Crippen LogP contribution in [0.5, 0.6) is 11.5 Å². The molecule has 0 saturated heterocycles. The minimum atomic E-state index is -2.25. The number of amides is 2. The van der Waals surface area contributed by atoms with Gasteiger partial charge in [0.1, 0.15) is 5.75 Å². The average Bonchev–Trinajstić information content (AvgIpc) is 3.23. The molecule has 9 nitrogen and oxygen atoms in total. The first-order chi connectivity index (χ1) is 16.1. The second-order valence-electron chi connectivity index (χ2n) is 6.79. The third-order valence-corrected chi connectivity index (χ3v) is 4.98. The second kappa shape index (κ2) is 10.9. The number of nitrogens with one attached hydrogen (secondary N) is 1. The van der Waals surface area contributed by atoms with E-state index in [1.54, 1.807) is 67.3 Å². The van der Waals surface area contributed by atoms with E-state index in [0.29, 0.717) is 33.3 Å². The van der Waals surface area contributed by atoms with E-state index in [-0.39, 0.29) is 18.3 Å². The number of hydrogen-bond acceptors (Lipinski definition) is 6. The molecule has 0 aliphatic rings. The maximum absolute atomic E-state index is 12.8. The first kappa shape index (κ1) is 25.5. The normalized spacial score (nSPS) is 11.0. The van der Waals surface area contributed by atoms with Crippen molar-refractivity contribution in [2.45, 2.75) is 10.8 Å². The van der Waals surface area contributed by atoms with E-state index >= 15 is 0 Å². The van der Waals surface area contributed by atoms with Gasteiger partial charge in [-0.15, -0.1) is 0 Å². The van der Waals surface area contributed by atoms with Crippen LogP contribution in [0.1, 0.15) is 17.3 Å². The highest BCUT2D eigenvalue weighted by molar-refractivity contribution is 6.67. The van der Waals surface area contributed by atoms with Crippen LogP contribution in [0.15, 0.2) is 54.7 Å². The SMILES string of the molecule is CCOC(=O)N(Oc1ccc(NC(=O)c2cccc(OC)c2)cc1-c1ccnn1C)C(Cl)(Cl)Cl. The molecule has 0 radical (unpaired) electrons. The molecule has 34 heavy (non-hydrogen) atoms. The molecule has 0 saturated carbocycles. The molecule has 0 atom stereocenters. The summed E-state index contributed by atoms with van der Waals surface area (Å²) in [7, 11) is 3.24. The molecule has 0 bridgehead atoms. The van der Waals surface area contributed by atoms with Gasteiger partial charge in [0.15, 0.2) is 5.75 Å². The molecule has 0 spiro atoms. The van der Waals surface area contributed by atoms with Crippen molar-refractivity contribution in [2.75, 3.05) is 19.0 Å². The Hall–Kier alpha value is -3.14. The van der Waals surface area contributed by atoms with Crippen molar-refractivity contribution in [3.05, 3.63) is 60.3 Å². The predicted molar refractivity (Wildman–Crippen MR) is 129 cm³/mol. The fourth-order valence-corrected chi connectivity index (χ4v) is 3.28. The van der Waals surface area contributed by atoms with E-state index in [1.807, 2.05) is 0 Å². The summed E-state index contributed by atoms with van der Waals surface area (Å²) in [5.74, 6) is 0.359. The number of benzene rings is 2. The minimum Gasteiger partial charge on any atom is -0.497 e. The highest BCUT2D eigenvalue weighted by Gasteiger charge is 2.38. The molecule has 0 unspecified atom stereocenters. The number of methoxy groups -OCH3 is 1. The van der Waals surface area contributed by atoms with Crippen LogP contribution in [-0.2, 0) is 11.8 Å². The number of hydrogen-bond donors (Lipinski definition) is 1. The van der Waals surface area contributed by atoms with Gasteiger partial charge in [-0.2, -0.15) is 5.10 Å². The van der Waals surface area contributed by atoms with Crippen molar-refractivity contribution < 1.29 is 23.9 Å². The number of aromatic nitrogens is 2. The fourth-order valence-electron chi connectivity index (χ4n) is 2.97. The lowest BCUT2D eigenvalue weighted by Crippen LogP contribution is -2.43. The number of carbonyl (C=O) groups excluding carboxylic acids is 2. The summed E-state index contributed by atoms with van der Waals surface area (Å²) in [5, 5.41) is 7.47. The summed E-state index contributed by atoms with van der Waals surface area (Å²) in [6.07, 6.45) is 0.590. The first-order valence-corrected chi connectivity index (χ1v) is 11.1. The van der Waals surface area contributed by atoms with E-state index in [0.717, 1.165) is 0 Å². The largest absolute Gasteiger partial charge is 0.497 e. The Morgan fingerprint density at radius 3 is 2.53 bits per heavy atom. The van der Waals surface area contributed by atoms with Crippen molar-refractivity contribution in [3.8, 4) is 22.8 Å². The first-order valence-electron chi connectivity index (χ1n) is 9.93. The van der Waals surface area contributed by atoms with Crippen molar-refractivity contribution in [1.82, 2.24) is 14.8 Å². The van der Waals surface area contributed by atoms with Crippen LogP contribution < -0.4 is 14.9 Å². The standard InChI is InChI=1S/C22H21Cl3N4O5/c1-4-33-21(31)29(22(23,24)25)34-19-9-8-15(13-17(19)18-10-11-26-28(18)2)27-20(30)14-6-5-7-16(12-14)32-3/h5-13H,4H2,1-3H3,(H,27,30). The van der Waals surface area contributed by atoms with Crippen LogP contribution in [0.3, 0.4) is 0 Å². The Labute approximate surface area is 211 Å². The number of halogens is 3. The van der Waals surface area contributed by atoms with E-state index in [2.05, 4.69) is 10.4 Å². The van der Waals surface area contributed by atoms with Gasteiger partial charge in [-0.3, -0.25) is 9.48 Å².